The first-order chi connectivity index (χ1) is 4.09. The van der Waals surface area contributed by atoms with E-state index in [4.69, 9.17) is 0 Å². The molecule has 0 N–H and O–H groups in total. The van der Waals surface area contributed by atoms with E-state index in [0.29, 0.717) is 0 Å². The van der Waals surface area contributed by atoms with Crippen LogP contribution in [0.15, 0.2) is 0 Å². The van der Waals surface area contributed by atoms with Gasteiger partial charge in [-0.3, -0.25) is 4.79 Å². The third kappa shape index (κ3) is 2.65. The van der Waals surface area contributed by atoms with Gasteiger partial charge in [0.05, 0.1) is 0 Å². The fraction of sp³-hybridized carbons (Fsp3) is 0.833. The van der Waals surface area contributed by atoms with Gasteiger partial charge in [-0.15, -0.1) is 0 Å². The standard InChI is InChI=1S/C6H15NOSi/c1-5-9(4)7(3)6(2)8/h9H,5H2,1-4H3. The SMILES string of the molecule is CC[SiH](C)N(C)C(C)=O. The van der Waals surface area contributed by atoms with Gasteiger partial charge in [0.15, 0.2) is 0 Å². The summed E-state index contributed by atoms with van der Waals surface area (Å²) in [6, 6.07) is 1.16. The highest BCUT2D eigenvalue weighted by atomic mass is 28.3. The van der Waals surface area contributed by atoms with Crippen LogP contribution >= 0.6 is 0 Å². The molecule has 2 nitrogen and oxygen atoms in total. The van der Waals surface area contributed by atoms with E-state index < -0.39 is 8.96 Å². The highest BCUT2D eigenvalue weighted by molar-refractivity contribution is 6.56. The molecule has 1 atom stereocenters. The maximum absolute atomic E-state index is 10.7. The molecule has 0 aromatic carbocycles. The Morgan fingerprint density at radius 1 is 1.67 bits per heavy atom. The molecule has 9 heavy (non-hydrogen) atoms. The Bertz CT molecular complexity index is 105. The quantitative estimate of drug-likeness (QED) is 0.527. The number of carbonyl (C=O) groups is 1. The number of carbonyl (C=O) groups excluding carboxylic acids is 1. The minimum absolute atomic E-state index is 0.205. The molecule has 3 heteroatoms. The average molecular weight is 145 g/mol. The van der Waals surface area contributed by atoms with Crippen molar-refractivity contribution in [3.8, 4) is 0 Å². The lowest BCUT2D eigenvalue weighted by Gasteiger charge is -2.20. The molecule has 0 rings (SSSR count). The largest absolute Gasteiger partial charge is 0.375 e. The van der Waals surface area contributed by atoms with Crippen LogP contribution in [0.5, 0.6) is 0 Å². The molecule has 0 aromatic heterocycles. The van der Waals surface area contributed by atoms with Gasteiger partial charge >= 0.3 is 0 Å². The summed E-state index contributed by atoms with van der Waals surface area (Å²) < 4.78 is 1.89. The molecule has 0 aliphatic carbocycles. The second-order valence-corrected chi connectivity index (χ2v) is 5.68. The summed E-state index contributed by atoms with van der Waals surface area (Å²) in [6.07, 6.45) is 0. The van der Waals surface area contributed by atoms with Crippen molar-refractivity contribution in [2.45, 2.75) is 26.4 Å². The first-order valence-electron chi connectivity index (χ1n) is 3.33. The molecule has 0 aliphatic heterocycles. The van der Waals surface area contributed by atoms with E-state index in [1.807, 2.05) is 11.6 Å². The third-order valence-electron chi connectivity index (χ3n) is 1.75. The second kappa shape index (κ2) is 3.66. The Labute approximate surface area is 58.5 Å². The van der Waals surface area contributed by atoms with Gasteiger partial charge in [0.2, 0.25) is 5.91 Å². The van der Waals surface area contributed by atoms with Crippen LogP contribution in [-0.2, 0) is 4.79 Å². The summed E-state index contributed by atoms with van der Waals surface area (Å²) in [6.45, 7) is 5.94. The van der Waals surface area contributed by atoms with E-state index in [2.05, 4.69) is 13.5 Å². The number of nitrogens with zero attached hydrogens (tertiary/aromatic N) is 1. The molecule has 0 bridgehead atoms. The van der Waals surface area contributed by atoms with Gasteiger partial charge in [-0.25, -0.2) is 0 Å². The van der Waals surface area contributed by atoms with Crippen LogP contribution in [0.1, 0.15) is 13.8 Å². The first kappa shape index (κ1) is 8.69. The van der Waals surface area contributed by atoms with Crippen molar-refractivity contribution in [1.29, 1.82) is 0 Å². The average Bonchev–Trinajstić information content (AvgIpc) is 1.84. The van der Waals surface area contributed by atoms with Gasteiger partial charge in [-0.2, -0.15) is 0 Å². The van der Waals surface area contributed by atoms with Gasteiger partial charge in [0.25, 0.3) is 0 Å². The maximum atomic E-state index is 10.7. The normalized spacial score (nSPS) is 12.9. The molecule has 0 spiro atoms. The molecule has 0 aromatic rings. The molecule has 0 heterocycles. The van der Waals surface area contributed by atoms with Crippen molar-refractivity contribution in [3.05, 3.63) is 0 Å². The van der Waals surface area contributed by atoms with Gasteiger partial charge in [0.1, 0.15) is 8.96 Å². The van der Waals surface area contributed by atoms with Crippen LogP contribution in [0, 0.1) is 0 Å². The Balaban J connectivity index is 3.72. The Hall–Kier alpha value is -0.313. The van der Waals surface area contributed by atoms with Gasteiger partial charge in [0, 0.05) is 14.0 Å². The topological polar surface area (TPSA) is 20.3 Å². The predicted octanol–water partition coefficient (Wildman–Crippen LogP) is 0.838. The van der Waals surface area contributed by atoms with E-state index in [1.165, 1.54) is 0 Å². The molecule has 0 saturated heterocycles. The molecule has 1 amide bonds. The fourth-order valence-electron chi connectivity index (χ4n) is 0.584. The van der Waals surface area contributed by atoms with Crippen molar-refractivity contribution in [2.75, 3.05) is 7.05 Å². The van der Waals surface area contributed by atoms with Crippen molar-refractivity contribution in [3.63, 3.8) is 0 Å². The second-order valence-electron chi connectivity index (χ2n) is 2.39. The lowest BCUT2D eigenvalue weighted by Crippen LogP contribution is -2.36. The molecule has 0 radical (unpaired) electrons. The zero-order chi connectivity index (χ0) is 7.44. The van der Waals surface area contributed by atoms with Crippen molar-refractivity contribution in [2.24, 2.45) is 0 Å². The molecule has 0 aliphatic rings. The molecule has 0 saturated carbocycles. The molecule has 54 valence electrons. The van der Waals surface area contributed by atoms with E-state index >= 15 is 0 Å². The van der Waals surface area contributed by atoms with E-state index in [-0.39, 0.29) is 5.91 Å². The van der Waals surface area contributed by atoms with E-state index in [1.54, 1.807) is 6.92 Å². The summed E-state index contributed by atoms with van der Waals surface area (Å²) in [7, 11) is 1.04. The molecular formula is C6H15NOSi. The fourth-order valence-corrected chi connectivity index (χ4v) is 1.75. The number of hydrogen-bond acceptors (Lipinski definition) is 1. The van der Waals surface area contributed by atoms with Crippen molar-refractivity contribution >= 4 is 14.9 Å². The minimum Gasteiger partial charge on any atom is -0.375 e. The van der Waals surface area contributed by atoms with Crippen LogP contribution in [0.2, 0.25) is 12.6 Å². The minimum atomic E-state index is -0.850. The van der Waals surface area contributed by atoms with Gasteiger partial charge in [-0.05, 0) is 6.04 Å². The number of hydrogen-bond donors (Lipinski definition) is 0. The summed E-state index contributed by atoms with van der Waals surface area (Å²) in [4.78, 5) is 10.7. The monoisotopic (exact) mass is 145 g/mol. The van der Waals surface area contributed by atoms with Crippen LogP contribution in [0.25, 0.3) is 0 Å². The highest BCUT2D eigenvalue weighted by Crippen LogP contribution is 1.95. The molecular weight excluding hydrogens is 130 g/mol. The summed E-state index contributed by atoms with van der Waals surface area (Å²) >= 11 is 0. The van der Waals surface area contributed by atoms with Crippen molar-refractivity contribution in [1.82, 2.24) is 4.57 Å². The first-order valence-corrected chi connectivity index (χ1v) is 5.81. The third-order valence-corrected chi connectivity index (χ3v) is 4.62. The Morgan fingerprint density at radius 2 is 2.11 bits per heavy atom. The molecule has 0 fully saturated rings. The predicted molar refractivity (Wildman–Crippen MR) is 41.9 cm³/mol. The van der Waals surface area contributed by atoms with Crippen LogP contribution in [0.4, 0.5) is 0 Å². The lowest BCUT2D eigenvalue weighted by atomic mass is 10.7. The molecule has 1 unspecified atom stereocenters. The summed E-state index contributed by atoms with van der Waals surface area (Å²) in [5.41, 5.74) is 0. The van der Waals surface area contributed by atoms with Crippen LogP contribution in [0.3, 0.4) is 0 Å². The highest BCUT2D eigenvalue weighted by Gasteiger charge is 2.09. The van der Waals surface area contributed by atoms with Gasteiger partial charge in [-0.1, -0.05) is 13.5 Å². The van der Waals surface area contributed by atoms with Crippen LogP contribution in [-0.4, -0.2) is 26.5 Å². The number of amides is 1. The van der Waals surface area contributed by atoms with Crippen molar-refractivity contribution < 1.29 is 4.79 Å². The van der Waals surface area contributed by atoms with Crippen LogP contribution < -0.4 is 0 Å². The van der Waals surface area contributed by atoms with E-state index in [0.717, 1.165) is 6.04 Å². The maximum Gasteiger partial charge on any atom is 0.211 e. The Morgan fingerprint density at radius 3 is 2.22 bits per heavy atom. The summed E-state index contributed by atoms with van der Waals surface area (Å²) in [5.74, 6) is 0.205. The number of rotatable bonds is 2. The lowest BCUT2D eigenvalue weighted by molar-refractivity contribution is -0.123. The summed E-state index contributed by atoms with van der Waals surface area (Å²) in [5, 5.41) is 0. The van der Waals surface area contributed by atoms with Gasteiger partial charge < -0.3 is 4.57 Å². The smallest absolute Gasteiger partial charge is 0.211 e. The Kier molecular flexibility index (Phi) is 3.54. The van der Waals surface area contributed by atoms with E-state index in [9.17, 15) is 4.79 Å². The zero-order valence-electron chi connectivity index (χ0n) is 6.64. The zero-order valence-corrected chi connectivity index (χ0v) is 7.79.